The van der Waals surface area contributed by atoms with Crippen LogP contribution in [0.1, 0.15) is 25.3 Å². The molecular weight excluding hydrogens is 314 g/mol. The van der Waals surface area contributed by atoms with Crippen LogP contribution in [-0.2, 0) is 16.1 Å². The smallest absolute Gasteiger partial charge is 0.310 e. The molecule has 1 aromatic heterocycles. The summed E-state index contributed by atoms with van der Waals surface area (Å²) in [6, 6.07) is 2.15. The van der Waals surface area contributed by atoms with E-state index in [9.17, 15) is 4.79 Å². The van der Waals surface area contributed by atoms with E-state index in [2.05, 4.69) is 32.3 Å². The van der Waals surface area contributed by atoms with Crippen LogP contribution >= 0.6 is 27.3 Å². The fourth-order valence-electron chi connectivity index (χ4n) is 2.34. The van der Waals surface area contributed by atoms with Crippen molar-refractivity contribution < 1.29 is 9.53 Å². The molecule has 100 valence electrons. The number of thiophene rings is 1. The van der Waals surface area contributed by atoms with Gasteiger partial charge in [-0.3, -0.25) is 9.69 Å². The summed E-state index contributed by atoms with van der Waals surface area (Å²) in [6.07, 6.45) is 2.04. The van der Waals surface area contributed by atoms with E-state index in [1.807, 2.05) is 6.92 Å². The molecular formula is C13H18BrNO2S. The van der Waals surface area contributed by atoms with Gasteiger partial charge < -0.3 is 4.74 Å². The predicted octanol–water partition coefficient (Wildman–Crippen LogP) is 3.29. The quantitative estimate of drug-likeness (QED) is 0.793. The standard InChI is InChI=1S/C13H18BrNO2S/c1-2-17-13(16)11-4-3-5-15(8-11)7-10-6-12(14)18-9-10/h6,9,11H,2-5,7-8H2,1H3/t11-/m0/s1. The van der Waals surface area contributed by atoms with Gasteiger partial charge in [0.15, 0.2) is 0 Å². The molecule has 0 amide bonds. The van der Waals surface area contributed by atoms with E-state index in [1.165, 1.54) is 5.56 Å². The van der Waals surface area contributed by atoms with E-state index >= 15 is 0 Å². The van der Waals surface area contributed by atoms with Gasteiger partial charge in [0.1, 0.15) is 0 Å². The van der Waals surface area contributed by atoms with Crippen LogP contribution in [0.2, 0.25) is 0 Å². The highest BCUT2D eigenvalue weighted by atomic mass is 79.9. The van der Waals surface area contributed by atoms with Crippen LogP contribution in [0.3, 0.4) is 0 Å². The van der Waals surface area contributed by atoms with Crippen LogP contribution < -0.4 is 0 Å². The third-order valence-electron chi connectivity index (χ3n) is 3.15. The molecule has 1 fully saturated rings. The number of carbonyl (C=O) groups is 1. The zero-order chi connectivity index (χ0) is 13.0. The number of rotatable bonds is 4. The molecule has 0 unspecified atom stereocenters. The molecule has 3 nitrogen and oxygen atoms in total. The zero-order valence-electron chi connectivity index (χ0n) is 10.5. The van der Waals surface area contributed by atoms with Crippen LogP contribution in [0.5, 0.6) is 0 Å². The average molecular weight is 332 g/mol. The fourth-order valence-corrected chi connectivity index (χ4v) is 3.54. The number of nitrogens with zero attached hydrogens (tertiary/aromatic N) is 1. The van der Waals surface area contributed by atoms with Crippen LogP contribution in [0, 0.1) is 5.92 Å². The van der Waals surface area contributed by atoms with Crippen molar-refractivity contribution >= 4 is 33.2 Å². The number of ether oxygens (including phenoxy) is 1. The van der Waals surface area contributed by atoms with Gasteiger partial charge >= 0.3 is 5.97 Å². The monoisotopic (exact) mass is 331 g/mol. The maximum absolute atomic E-state index is 11.7. The van der Waals surface area contributed by atoms with Crippen molar-refractivity contribution in [1.82, 2.24) is 4.90 Å². The average Bonchev–Trinajstić information content (AvgIpc) is 2.75. The number of piperidine rings is 1. The number of hydrogen-bond acceptors (Lipinski definition) is 4. The number of esters is 1. The van der Waals surface area contributed by atoms with Crippen molar-refractivity contribution in [3.05, 3.63) is 20.8 Å². The third-order valence-corrected chi connectivity index (χ3v) is 4.71. The Bertz CT molecular complexity index is 407. The minimum Gasteiger partial charge on any atom is -0.466 e. The largest absolute Gasteiger partial charge is 0.466 e. The number of likely N-dealkylation sites (tertiary alicyclic amines) is 1. The lowest BCUT2D eigenvalue weighted by atomic mass is 9.98. The molecule has 2 heterocycles. The summed E-state index contributed by atoms with van der Waals surface area (Å²) >= 11 is 5.19. The first-order valence-electron chi connectivity index (χ1n) is 6.31. The zero-order valence-corrected chi connectivity index (χ0v) is 12.9. The minimum absolute atomic E-state index is 0.0336. The molecule has 0 N–H and O–H groups in total. The molecule has 0 spiro atoms. The Morgan fingerprint density at radius 2 is 2.50 bits per heavy atom. The van der Waals surface area contributed by atoms with Gasteiger partial charge in [-0.2, -0.15) is 0 Å². The van der Waals surface area contributed by atoms with Crippen molar-refractivity contribution in [3.63, 3.8) is 0 Å². The van der Waals surface area contributed by atoms with Gasteiger partial charge in [-0.05, 0) is 59.2 Å². The van der Waals surface area contributed by atoms with Gasteiger partial charge in [0, 0.05) is 13.1 Å². The summed E-state index contributed by atoms with van der Waals surface area (Å²) in [6.45, 7) is 5.17. The fraction of sp³-hybridized carbons (Fsp3) is 0.615. The molecule has 0 bridgehead atoms. The molecule has 1 aliphatic rings. The lowest BCUT2D eigenvalue weighted by Gasteiger charge is -2.31. The summed E-state index contributed by atoms with van der Waals surface area (Å²) < 4.78 is 6.28. The minimum atomic E-state index is -0.0336. The highest BCUT2D eigenvalue weighted by Crippen LogP contribution is 2.24. The first-order chi connectivity index (χ1) is 8.69. The van der Waals surface area contributed by atoms with E-state index in [1.54, 1.807) is 11.3 Å². The maximum atomic E-state index is 11.7. The molecule has 0 radical (unpaired) electrons. The van der Waals surface area contributed by atoms with Crippen LogP contribution in [0.4, 0.5) is 0 Å². The maximum Gasteiger partial charge on any atom is 0.310 e. The van der Waals surface area contributed by atoms with E-state index in [4.69, 9.17) is 4.74 Å². The lowest BCUT2D eigenvalue weighted by Crippen LogP contribution is -2.38. The Hall–Kier alpha value is -0.390. The Labute approximate surface area is 120 Å². The number of carbonyl (C=O) groups excluding carboxylic acids is 1. The van der Waals surface area contributed by atoms with Gasteiger partial charge in [-0.15, -0.1) is 11.3 Å². The molecule has 18 heavy (non-hydrogen) atoms. The second-order valence-corrected chi connectivity index (χ2v) is 6.88. The van der Waals surface area contributed by atoms with Crippen molar-refractivity contribution in [3.8, 4) is 0 Å². The summed E-state index contributed by atoms with van der Waals surface area (Å²) in [5.41, 5.74) is 1.32. The molecule has 1 atom stereocenters. The Kier molecular flexibility index (Phi) is 5.21. The molecule has 1 aromatic rings. The molecule has 0 aromatic carbocycles. The van der Waals surface area contributed by atoms with Crippen molar-refractivity contribution in [1.29, 1.82) is 0 Å². The lowest BCUT2D eigenvalue weighted by molar-refractivity contribution is -0.150. The summed E-state index contributed by atoms with van der Waals surface area (Å²) in [5, 5.41) is 2.16. The Balaban J connectivity index is 1.88. The summed E-state index contributed by atoms with van der Waals surface area (Å²) in [4.78, 5) is 14.1. The molecule has 0 aliphatic carbocycles. The Morgan fingerprint density at radius 1 is 1.67 bits per heavy atom. The second-order valence-electron chi connectivity index (χ2n) is 4.59. The molecule has 5 heteroatoms. The SMILES string of the molecule is CCOC(=O)[C@H]1CCCN(Cc2csc(Br)c2)C1. The summed E-state index contributed by atoms with van der Waals surface area (Å²) in [5.74, 6) is 0.0227. The number of halogens is 1. The summed E-state index contributed by atoms with van der Waals surface area (Å²) in [7, 11) is 0. The van der Waals surface area contributed by atoms with E-state index in [0.29, 0.717) is 6.61 Å². The van der Waals surface area contributed by atoms with Gasteiger partial charge in [0.05, 0.1) is 16.3 Å². The van der Waals surface area contributed by atoms with E-state index in [0.717, 1.165) is 36.3 Å². The van der Waals surface area contributed by atoms with Crippen molar-refractivity contribution in [2.75, 3.05) is 19.7 Å². The van der Waals surface area contributed by atoms with E-state index in [-0.39, 0.29) is 11.9 Å². The second kappa shape index (κ2) is 6.68. The van der Waals surface area contributed by atoms with Crippen molar-refractivity contribution in [2.24, 2.45) is 5.92 Å². The van der Waals surface area contributed by atoms with Gasteiger partial charge in [0.25, 0.3) is 0 Å². The highest BCUT2D eigenvalue weighted by Gasteiger charge is 2.26. The van der Waals surface area contributed by atoms with Gasteiger partial charge in [0.2, 0.25) is 0 Å². The van der Waals surface area contributed by atoms with Crippen LogP contribution in [0.25, 0.3) is 0 Å². The third kappa shape index (κ3) is 3.80. The van der Waals surface area contributed by atoms with Crippen LogP contribution in [-0.4, -0.2) is 30.6 Å². The van der Waals surface area contributed by atoms with Crippen LogP contribution in [0.15, 0.2) is 15.2 Å². The highest BCUT2D eigenvalue weighted by molar-refractivity contribution is 9.11. The first-order valence-corrected chi connectivity index (χ1v) is 7.98. The number of hydrogen-bond donors (Lipinski definition) is 0. The normalized spacial score (nSPS) is 20.9. The van der Waals surface area contributed by atoms with Crippen molar-refractivity contribution in [2.45, 2.75) is 26.3 Å². The first kappa shape index (κ1) is 14.0. The van der Waals surface area contributed by atoms with E-state index < -0.39 is 0 Å². The van der Waals surface area contributed by atoms with Gasteiger partial charge in [-0.1, -0.05) is 0 Å². The predicted molar refractivity (Wildman–Crippen MR) is 76.7 cm³/mol. The Morgan fingerprint density at radius 3 is 3.17 bits per heavy atom. The molecule has 1 saturated heterocycles. The molecule has 1 aliphatic heterocycles. The van der Waals surface area contributed by atoms with Gasteiger partial charge in [-0.25, -0.2) is 0 Å². The molecule has 2 rings (SSSR count). The topological polar surface area (TPSA) is 29.5 Å². The molecule has 0 saturated carbocycles.